The molecule has 0 aliphatic rings. The van der Waals surface area contributed by atoms with E-state index in [0.29, 0.717) is 24.3 Å². The first kappa shape index (κ1) is 43.9. The van der Waals surface area contributed by atoms with Crippen molar-refractivity contribution in [1.82, 2.24) is 0 Å². The lowest BCUT2D eigenvalue weighted by Crippen LogP contribution is -2.29. The molecule has 0 heterocycles. The first-order valence-electron chi connectivity index (χ1n) is 19.1. The number of hydrogen-bond acceptors (Lipinski definition) is 7. The van der Waals surface area contributed by atoms with Gasteiger partial charge in [-0.05, 0) is 12.8 Å². The number of unbranched alkanes of at least 4 members (excludes halogenated alkanes) is 24. The van der Waals surface area contributed by atoms with Crippen LogP contribution in [0.4, 0.5) is 0 Å². The molecule has 0 amide bonds. The van der Waals surface area contributed by atoms with Gasteiger partial charge in [-0.15, -0.1) is 0 Å². The van der Waals surface area contributed by atoms with Gasteiger partial charge in [0.05, 0.1) is 6.04 Å². The molecule has 0 aromatic rings. The zero-order valence-electron chi connectivity index (χ0n) is 29.6. The second kappa shape index (κ2) is 35.8. The lowest BCUT2D eigenvalue weighted by atomic mass is 10.0. The predicted molar refractivity (Wildman–Crippen MR) is 192 cm³/mol. The van der Waals surface area contributed by atoms with Gasteiger partial charge in [0.15, 0.2) is 0 Å². The van der Waals surface area contributed by atoms with E-state index in [1.54, 1.807) is 6.29 Å². The molecule has 0 aromatic carbocycles. The van der Waals surface area contributed by atoms with Gasteiger partial charge in [-0.1, -0.05) is 168 Å². The van der Waals surface area contributed by atoms with Gasteiger partial charge < -0.3 is 15.2 Å². The van der Waals surface area contributed by atoms with Crippen molar-refractivity contribution < 1.29 is 23.9 Å². The summed E-state index contributed by atoms with van der Waals surface area (Å²) in [7, 11) is 0. The molecular formula is C38H72NO5S. The SMILES string of the molecule is CCCCCCCCCCCCCCCC(=O)OCC(CSCC(N)[C]=O)OC(=O)CCCCCCCCCCCCCCC. The van der Waals surface area contributed by atoms with E-state index in [4.69, 9.17) is 15.2 Å². The van der Waals surface area contributed by atoms with E-state index in [-0.39, 0.29) is 18.5 Å². The lowest BCUT2D eigenvalue weighted by Gasteiger charge is -2.18. The number of carbonyl (C=O) groups excluding carboxylic acids is 3. The van der Waals surface area contributed by atoms with Crippen LogP contribution >= 0.6 is 11.8 Å². The van der Waals surface area contributed by atoms with Crippen molar-refractivity contribution in [2.24, 2.45) is 5.73 Å². The molecule has 0 aliphatic carbocycles. The standard InChI is InChI=1S/C38H72NO5S/c1-3-5-7-9-11-13-15-17-19-21-23-25-27-29-37(41)43-32-36(34-45-33-35(39)31-40)44-38(42)30-28-26-24-22-20-18-16-14-12-10-8-6-4-2/h35-36H,3-30,32-34,39H2,1-2H3. The topological polar surface area (TPSA) is 95.7 Å². The number of thioether (sulfide) groups is 1. The average Bonchev–Trinajstić information content (AvgIpc) is 3.04. The third-order valence-corrected chi connectivity index (χ3v) is 9.65. The molecule has 265 valence electrons. The normalized spacial score (nSPS) is 12.6. The summed E-state index contributed by atoms with van der Waals surface area (Å²) in [5.74, 6) is 0.343. The quantitative estimate of drug-likeness (QED) is 0.0530. The van der Waals surface area contributed by atoms with E-state index >= 15 is 0 Å². The van der Waals surface area contributed by atoms with Crippen molar-refractivity contribution in [1.29, 1.82) is 0 Å². The maximum atomic E-state index is 12.5. The number of ether oxygens (including phenoxy) is 2. The maximum Gasteiger partial charge on any atom is 0.306 e. The van der Waals surface area contributed by atoms with Crippen LogP contribution < -0.4 is 5.73 Å². The molecule has 2 N–H and O–H groups in total. The average molecular weight is 655 g/mol. The predicted octanol–water partition coefficient (Wildman–Crippen LogP) is 10.6. The lowest BCUT2D eigenvalue weighted by molar-refractivity contribution is -0.157. The molecule has 2 unspecified atom stereocenters. The van der Waals surface area contributed by atoms with Gasteiger partial charge in [-0.2, -0.15) is 11.8 Å². The minimum Gasteiger partial charge on any atom is -0.462 e. The number of rotatable bonds is 36. The third-order valence-electron chi connectivity index (χ3n) is 8.45. The fraction of sp³-hybridized carbons (Fsp3) is 0.921. The Kier molecular flexibility index (Phi) is 34.9. The molecule has 0 aliphatic heterocycles. The maximum absolute atomic E-state index is 12.5. The molecule has 0 bridgehead atoms. The number of esters is 2. The molecule has 0 aromatic heterocycles. The Bertz CT molecular complexity index is 662. The highest BCUT2D eigenvalue weighted by Crippen LogP contribution is 2.16. The summed E-state index contributed by atoms with van der Waals surface area (Å²) >= 11 is 1.42. The highest BCUT2D eigenvalue weighted by Gasteiger charge is 2.18. The van der Waals surface area contributed by atoms with Crippen molar-refractivity contribution >= 4 is 30.0 Å². The van der Waals surface area contributed by atoms with Crippen molar-refractivity contribution in [3.63, 3.8) is 0 Å². The Morgan fingerprint density at radius 3 is 1.29 bits per heavy atom. The van der Waals surface area contributed by atoms with E-state index in [9.17, 15) is 14.4 Å². The van der Waals surface area contributed by atoms with Crippen molar-refractivity contribution in [2.75, 3.05) is 18.1 Å². The van der Waals surface area contributed by atoms with Gasteiger partial charge in [0.2, 0.25) is 6.29 Å². The van der Waals surface area contributed by atoms with Gasteiger partial charge in [-0.25, -0.2) is 0 Å². The van der Waals surface area contributed by atoms with E-state index < -0.39 is 12.1 Å². The zero-order valence-corrected chi connectivity index (χ0v) is 30.4. The second-order valence-electron chi connectivity index (χ2n) is 13.0. The van der Waals surface area contributed by atoms with Crippen LogP contribution in [0.2, 0.25) is 0 Å². The zero-order chi connectivity index (χ0) is 33.1. The molecule has 2 atom stereocenters. The number of nitrogens with two attached hydrogens (primary N) is 1. The van der Waals surface area contributed by atoms with Gasteiger partial charge in [-0.3, -0.25) is 14.4 Å². The van der Waals surface area contributed by atoms with Crippen LogP contribution in [0.25, 0.3) is 0 Å². The van der Waals surface area contributed by atoms with Crippen LogP contribution in [-0.4, -0.2) is 48.5 Å². The minimum atomic E-state index is -0.671. The van der Waals surface area contributed by atoms with Gasteiger partial charge >= 0.3 is 11.9 Å². The highest BCUT2D eigenvalue weighted by molar-refractivity contribution is 7.99. The molecule has 0 spiro atoms. The minimum absolute atomic E-state index is 0.0503. The van der Waals surface area contributed by atoms with Gasteiger partial charge in [0.25, 0.3) is 0 Å². The van der Waals surface area contributed by atoms with Crippen molar-refractivity contribution in [3.8, 4) is 0 Å². The van der Waals surface area contributed by atoms with E-state index in [0.717, 1.165) is 38.5 Å². The van der Waals surface area contributed by atoms with E-state index in [1.807, 2.05) is 0 Å². The Morgan fingerprint density at radius 2 is 0.911 bits per heavy atom. The smallest absolute Gasteiger partial charge is 0.306 e. The van der Waals surface area contributed by atoms with E-state index in [2.05, 4.69) is 13.8 Å². The summed E-state index contributed by atoms with van der Waals surface area (Å²) in [6.07, 6.45) is 34.8. The van der Waals surface area contributed by atoms with Crippen LogP contribution in [0.3, 0.4) is 0 Å². The van der Waals surface area contributed by atoms with Crippen LogP contribution in [0.15, 0.2) is 0 Å². The van der Waals surface area contributed by atoms with E-state index in [1.165, 1.54) is 140 Å². The number of hydrogen-bond donors (Lipinski definition) is 1. The molecule has 0 rings (SSSR count). The van der Waals surface area contributed by atoms with Crippen molar-refractivity contribution in [3.05, 3.63) is 0 Å². The molecule has 6 nitrogen and oxygen atoms in total. The second-order valence-corrected chi connectivity index (χ2v) is 14.1. The molecule has 1 radical (unpaired) electrons. The third kappa shape index (κ3) is 34.1. The van der Waals surface area contributed by atoms with Crippen LogP contribution in [0.1, 0.15) is 194 Å². The fourth-order valence-electron chi connectivity index (χ4n) is 5.55. The molecule has 7 heteroatoms. The Hall–Kier alpha value is -1.08. The summed E-state index contributed by atoms with van der Waals surface area (Å²) in [6.45, 7) is 4.57. The molecule has 45 heavy (non-hydrogen) atoms. The largest absolute Gasteiger partial charge is 0.462 e. The summed E-state index contributed by atoms with van der Waals surface area (Å²) < 4.78 is 11.1. The first-order chi connectivity index (χ1) is 22.0. The van der Waals surface area contributed by atoms with Crippen LogP contribution in [0.5, 0.6) is 0 Å². The fourth-order valence-corrected chi connectivity index (χ4v) is 6.44. The molecule has 0 saturated heterocycles. The summed E-state index contributed by atoms with van der Waals surface area (Å²) in [6, 6.07) is -0.671. The Morgan fingerprint density at radius 1 is 0.556 bits per heavy atom. The highest BCUT2D eigenvalue weighted by atomic mass is 32.2. The molecule has 0 fully saturated rings. The number of carbonyl (C=O) groups is 2. The monoisotopic (exact) mass is 655 g/mol. The van der Waals surface area contributed by atoms with Crippen LogP contribution in [0, 0.1) is 0 Å². The van der Waals surface area contributed by atoms with Crippen LogP contribution in [-0.2, 0) is 23.9 Å². The van der Waals surface area contributed by atoms with Gasteiger partial charge in [0.1, 0.15) is 12.7 Å². The summed E-state index contributed by atoms with van der Waals surface area (Å²) in [5.41, 5.74) is 5.65. The molecule has 0 saturated carbocycles. The summed E-state index contributed by atoms with van der Waals surface area (Å²) in [5, 5.41) is 0. The molecular weight excluding hydrogens is 582 g/mol. The Labute approximate surface area is 282 Å². The van der Waals surface area contributed by atoms with Gasteiger partial charge in [0, 0.05) is 24.3 Å². The first-order valence-corrected chi connectivity index (χ1v) is 20.2. The summed E-state index contributed by atoms with van der Waals surface area (Å²) in [4.78, 5) is 35.6. The Balaban J connectivity index is 3.98. The van der Waals surface area contributed by atoms with Crippen molar-refractivity contribution in [2.45, 2.75) is 206 Å².